The Morgan fingerprint density at radius 1 is 1.48 bits per heavy atom. The minimum atomic E-state index is -4.31. The fourth-order valence-electron chi connectivity index (χ4n) is 1.54. The molecule has 0 aliphatic carbocycles. The van der Waals surface area contributed by atoms with E-state index >= 15 is 0 Å². The molecule has 0 aliphatic heterocycles. The number of sulfonamides is 1. The number of aryl methyl sites for hydroxylation is 1. The van der Waals surface area contributed by atoms with Gasteiger partial charge >= 0.3 is 5.69 Å². The monoisotopic (exact) mass is 316 g/mol. The first kappa shape index (κ1) is 15.0. The van der Waals surface area contributed by atoms with Crippen LogP contribution in [0.3, 0.4) is 0 Å². The molecule has 21 heavy (non-hydrogen) atoms. The predicted molar refractivity (Wildman–Crippen MR) is 66.1 cm³/mol. The fraction of sp³-hybridized carbons (Fsp3) is 0.200. The van der Waals surface area contributed by atoms with E-state index in [-0.39, 0.29) is 12.4 Å². The van der Waals surface area contributed by atoms with Crippen LogP contribution in [0.1, 0.15) is 11.7 Å². The van der Waals surface area contributed by atoms with Gasteiger partial charge in [-0.25, -0.2) is 13.1 Å². The molecule has 0 bridgehead atoms. The quantitative estimate of drug-likeness (QED) is 0.641. The lowest BCUT2D eigenvalue weighted by molar-refractivity contribution is -0.390. The van der Waals surface area contributed by atoms with E-state index in [1.54, 1.807) is 6.92 Å². The fourth-order valence-corrected chi connectivity index (χ4v) is 2.69. The van der Waals surface area contributed by atoms with Gasteiger partial charge in [-0.2, -0.15) is 9.37 Å². The molecule has 0 aliphatic rings. The minimum absolute atomic E-state index is 0.0184. The Morgan fingerprint density at radius 2 is 2.19 bits per heavy atom. The van der Waals surface area contributed by atoms with Gasteiger partial charge in [-0.15, -0.1) is 0 Å². The summed E-state index contributed by atoms with van der Waals surface area (Å²) >= 11 is 0. The second-order valence-corrected chi connectivity index (χ2v) is 5.64. The number of nitro benzene ring substituents is 1. The third-order valence-electron chi connectivity index (χ3n) is 2.40. The van der Waals surface area contributed by atoms with E-state index < -0.39 is 31.3 Å². The van der Waals surface area contributed by atoms with E-state index in [1.807, 2.05) is 4.72 Å². The first-order valence-corrected chi connectivity index (χ1v) is 7.01. The van der Waals surface area contributed by atoms with Gasteiger partial charge in [-0.05, 0) is 19.1 Å². The molecule has 0 saturated heterocycles. The van der Waals surface area contributed by atoms with Gasteiger partial charge in [-0.1, -0.05) is 11.2 Å². The van der Waals surface area contributed by atoms with Crippen molar-refractivity contribution in [3.63, 3.8) is 0 Å². The van der Waals surface area contributed by atoms with Gasteiger partial charge in [0.1, 0.15) is 0 Å². The molecule has 0 spiro atoms. The molecule has 1 N–H and O–H groups in total. The minimum Gasteiger partial charge on any atom is -0.338 e. The first-order valence-electron chi connectivity index (χ1n) is 5.53. The highest BCUT2D eigenvalue weighted by Crippen LogP contribution is 2.26. The molecule has 1 heterocycles. The molecule has 0 radical (unpaired) electrons. The Hall–Kier alpha value is -2.40. The van der Waals surface area contributed by atoms with Crippen molar-refractivity contribution < 1.29 is 22.3 Å². The summed E-state index contributed by atoms with van der Waals surface area (Å²) in [6, 6.07) is 2.80. The van der Waals surface area contributed by atoms with E-state index in [9.17, 15) is 22.9 Å². The Morgan fingerprint density at radius 3 is 2.76 bits per heavy atom. The lowest BCUT2D eigenvalue weighted by atomic mass is 10.3. The second kappa shape index (κ2) is 5.54. The highest BCUT2D eigenvalue weighted by molar-refractivity contribution is 7.89. The van der Waals surface area contributed by atoms with E-state index in [4.69, 9.17) is 4.52 Å². The summed E-state index contributed by atoms with van der Waals surface area (Å²) in [5, 5.41) is 14.3. The maximum absolute atomic E-state index is 13.4. The SMILES string of the molecule is Cc1noc(CNS(=O)(=O)c2cccc(F)c2[N+](=O)[O-])n1. The molecular weight excluding hydrogens is 307 g/mol. The number of nitrogens with zero attached hydrogens (tertiary/aromatic N) is 3. The summed E-state index contributed by atoms with van der Waals surface area (Å²) in [4.78, 5) is 12.7. The topological polar surface area (TPSA) is 128 Å². The van der Waals surface area contributed by atoms with Gasteiger partial charge in [0, 0.05) is 0 Å². The Bertz CT molecular complexity index is 788. The third-order valence-corrected chi connectivity index (χ3v) is 3.84. The molecule has 0 fully saturated rings. The van der Waals surface area contributed by atoms with Crippen molar-refractivity contribution in [3.05, 3.63) is 45.8 Å². The summed E-state index contributed by atoms with van der Waals surface area (Å²) < 4.78 is 44.2. The number of rotatable bonds is 5. The van der Waals surface area contributed by atoms with Crippen LogP contribution in [-0.2, 0) is 16.6 Å². The van der Waals surface area contributed by atoms with Crippen LogP contribution < -0.4 is 4.72 Å². The van der Waals surface area contributed by atoms with Crippen LogP contribution in [0.4, 0.5) is 10.1 Å². The molecule has 2 aromatic rings. The average Bonchev–Trinajstić information content (AvgIpc) is 2.82. The van der Waals surface area contributed by atoms with Crippen molar-refractivity contribution in [2.24, 2.45) is 0 Å². The molecule has 2 rings (SSSR count). The maximum Gasteiger partial charge on any atom is 0.324 e. The molecule has 1 aromatic carbocycles. The number of halogens is 1. The Labute approximate surface area is 118 Å². The second-order valence-electron chi connectivity index (χ2n) is 3.90. The number of para-hydroxylation sites is 1. The number of hydrogen-bond acceptors (Lipinski definition) is 7. The molecule has 1 aromatic heterocycles. The van der Waals surface area contributed by atoms with Gasteiger partial charge in [0.05, 0.1) is 11.5 Å². The van der Waals surface area contributed by atoms with Gasteiger partial charge in [0.25, 0.3) is 0 Å². The van der Waals surface area contributed by atoms with Crippen LogP contribution in [0.25, 0.3) is 0 Å². The molecular formula is C10H9FN4O5S. The lowest BCUT2D eigenvalue weighted by Gasteiger charge is -2.05. The molecule has 0 unspecified atom stereocenters. The zero-order chi connectivity index (χ0) is 15.6. The number of nitrogens with one attached hydrogen (secondary N) is 1. The standard InChI is InChI=1S/C10H9FN4O5S/c1-6-13-9(20-14-6)5-12-21(18,19)8-4-2-3-7(11)10(8)15(16)17/h2-4,12H,5H2,1H3. The third kappa shape index (κ3) is 3.20. The van der Waals surface area contributed by atoms with E-state index in [2.05, 4.69) is 10.1 Å². The van der Waals surface area contributed by atoms with E-state index in [1.165, 1.54) is 0 Å². The summed E-state index contributed by atoms with van der Waals surface area (Å²) in [5.41, 5.74) is -1.12. The maximum atomic E-state index is 13.4. The Kier molecular flexibility index (Phi) is 3.95. The normalized spacial score (nSPS) is 11.5. The van der Waals surface area contributed by atoms with Gasteiger partial charge in [0.15, 0.2) is 10.7 Å². The number of hydrogen-bond donors (Lipinski definition) is 1. The zero-order valence-corrected chi connectivity index (χ0v) is 11.4. The molecule has 11 heteroatoms. The molecule has 0 amide bonds. The number of benzene rings is 1. The zero-order valence-electron chi connectivity index (χ0n) is 10.6. The van der Waals surface area contributed by atoms with Crippen molar-refractivity contribution in [1.29, 1.82) is 0 Å². The van der Waals surface area contributed by atoms with Crippen molar-refractivity contribution in [1.82, 2.24) is 14.9 Å². The van der Waals surface area contributed by atoms with Crippen LogP contribution in [0.15, 0.2) is 27.6 Å². The molecule has 9 nitrogen and oxygen atoms in total. The molecule has 0 atom stereocenters. The summed E-state index contributed by atoms with van der Waals surface area (Å²) in [5.74, 6) is -0.951. The van der Waals surface area contributed by atoms with Crippen LogP contribution >= 0.6 is 0 Å². The predicted octanol–water partition coefficient (Wildman–Crippen LogP) is 0.904. The van der Waals surface area contributed by atoms with E-state index in [0.29, 0.717) is 5.82 Å². The van der Waals surface area contributed by atoms with Gasteiger partial charge < -0.3 is 4.52 Å². The first-order chi connectivity index (χ1) is 9.81. The summed E-state index contributed by atoms with van der Waals surface area (Å²) in [7, 11) is -4.31. The van der Waals surface area contributed by atoms with Crippen molar-refractivity contribution in [2.45, 2.75) is 18.4 Å². The molecule has 0 saturated carbocycles. The number of nitro groups is 1. The lowest BCUT2D eigenvalue weighted by Crippen LogP contribution is -2.24. The Balaban J connectivity index is 2.32. The van der Waals surface area contributed by atoms with Crippen LogP contribution in [-0.4, -0.2) is 23.5 Å². The summed E-state index contributed by atoms with van der Waals surface area (Å²) in [6.07, 6.45) is 0. The highest BCUT2D eigenvalue weighted by Gasteiger charge is 2.29. The largest absolute Gasteiger partial charge is 0.338 e. The van der Waals surface area contributed by atoms with Crippen LogP contribution in [0.5, 0.6) is 0 Å². The number of aromatic nitrogens is 2. The van der Waals surface area contributed by atoms with Crippen molar-refractivity contribution >= 4 is 15.7 Å². The van der Waals surface area contributed by atoms with Crippen molar-refractivity contribution in [3.8, 4) is 0 Å². The van der Waals surface area contributed by atoms with Gasteiger partial charge in [0.2, 0.25) is 21.7 Å². The summed E-state index contributed by atoms with van der Waals surface area (Å²) in [6.45, 7) is 1.18. The smallest absolute Gasteiger partial charge is 0.324 e. The van der Waals surface area contributed by atoms with E-state index in [0.717, 1.165) is 18.2 Å². The van der Waals surface area contributed by atoms with Crippen LogP contribution in [0, 0.1) is 22.9 Å². The van der Waals surface area contributed by atoms with Gasteiger partial charge in [-0.3, -0.25) is 10.1 Å². The van der Waals surface area contributed by atoms with Crippen molar-refractivity contribution in [2.75, 3.05) is 0 Å². The molecule has 112 valence electrons. The highest BCUT2D eigenvalue weighted by atomic mass is 32.2. The van der Waals surface area contributed by atoms with Crippen LogP contribution in [0.2, 0.25) is 0 Å². The average molecular weight is 316 g/mol.